The van der Waals surface area contributed by atoms with E-state index in [2.05, 4.69) is 5.10 Å². The molecular weight excluding hydrogens is 377 g/mol. The predicted octanol–water partition coefficient (Wildman–Crippen LogP) is 3.21. The van der Waals surface area contributed by atoms with Crippen LogP contribution in [0.5, 0.6) is 0 Å². The summed E-state index contributed by atoms with van der Waals surface area (Å²) in [5.74, 6) is -0.656. The van der Waals surface area contributed by atoms with E-state index in [0.717, 1.165) is 11.4 Å². The summed E-state index contributed by atoms with van der Waals surface area (Å²) in [7, 11) is 0. The molecule has 1 aliphatic rings. The van der Waals surface area contributed by atoms with Gasteiger partial charge in [0.25, 0.3) is 0 Å². The molecule has 0 saturated heterocycles. The molecule has 8 heteroatoms. The van der Waals surface area contributed by atoms with Crippen molar-refractivity contribution in [2.75, 3.05) is 13.2 Å². The Hall–Kier alpha value is -2.05. The van der Waals surface area contributed by atoms with Crippen LogP contribution in [0.1, 0.15) is 35.6 Å². The maximum atomic E-state index is 12.4. The lowest BCUT2D eigenvalue weighted by Gasteiger charge is -2.28. The quantitative estimate of drug-likeness (QED) is 0.588. The molecule has 1 unspecified atom stereocenters. The minimum atomic E-state index is -0.617. The van der Waals surface area contributed by atoms with E-state index in [1.54, 1.807) is 35.6 Å². The highest BCUT2D eigenvalue weighted by molar-refractivity contribution is 6.30. The molecule has 0 N–H and O–H groups in total. The van der Waals surface area contributed by atoms with Crippen molar-refractivity contribution in [2.45, 2.75) is 32.2 Å². The van der Waals surface area contributed by atoms with Gasteiger partial charge in [0.05, 0.1) is 18.0 Å². The van der Waals surface area contributed by atoms with Crippen molar-refractivity contribution < 1.29 is 14.3 Å². The SMILES string of the molecule is CCOC(=O)c1nn(-c2ccc(Cl)cc2)c2c1CN(C(=O)C(C)Cl)CC2. The largest absolute Gasteiger partial charge is 0.461 e. The highest BCUT2D eigenvalue weighted by atomic mass is 35.5. The Morgan fingerprint density at radius 3 is 2.62 bits per heavy atom. The zero-order valence-electron chi connectivity index (χ0n) is 14.5. The number of carbonyl (C=O) groups excluding carboxylic acids is 2. The molecule has 1 aliphatic heterocycles. The fourth-order valence-corrected chi connectivity index (χ4v) is 3.28. The van der Waals surface area contributed by atoms with Gasteiger partial charge in [0.1, 0.15) is 5.38 Å². The molecule has 0 bridgehead atoms. The van der Waals surface area contributed by atoms with E-state index in [-0.39, 0.29) is 24.8 Å². The standard InChI is InChI=1S/C18H19Cl2N3O3/c1-3-26-18(25)16-14-10-22(17(24)11(2)19)9-8-15(14)23(21-16)13-6-4-12(20)5-7-13/h4-7,11H,3,8-10H2,1-2H3. The van der Waals surface area contributed by atoms with Crippen LogP contribution in [0.25, 0.3) is 5.69 Å². The fourth-order valence-electron chi connectivity index (χ4n) is 3.02. The van der Waals surface area contributed by atoms with E-state index in [9.17, 15) is 9.59 Å². The van der Waals surface area contributed by atoms with Crippen molar-refractivity contribution in [1.29, 1.82) is 0 Å². The number of hydrogen-bond acceptors (Lipinski definition) is 4. The molecule has 0 saturated carbocycles. The summed E-state index contributed by atoms with van der Waals surface area (Å²) >= 11 is 11.9. The molecule has 3 rings (SSSR count). The van der Waals surface area contributed by atoms with Crippen LogP contribution in [-0.4, -0.2) is 45.1 Å². The first-order chi connectivity index (χ1) is 12.4. The van der Waals surface area contributed by atoms with Gasteiger partial charge in [-0.05, 0) is 38.1 Å². The molecule has 2 heterocycles. The van der Waals surface area contributed by atoms with Crippen LogP contribution < -0.4 is 0 Å². The van der Waals surface area contributed by atoms with Crippen molar-refractivity contribution >= 4 is 35.1 Å². The summed E-state index contributed by atoms with van der Waals surface area (Å²) in [5.41, 5.74) is 2.63. The van der Waals surface area contributed by atoms with E-state index >= 15 is 0 Å². The van der Waals surface area contributed by atoms with Crippen LogP contribution in [0.15, 0.2) is 24.3 Å². The molecule has 26 heavy (non-hydrogen) atoms. The van der Waals surface area contributed by atoms with Gasteiger partial charge in [-0.25, -0.2) is 9.48 Å². The van der Waals surface area contributed by atoms with E-state index < -0.39 is 11.3 Å². The van der Waals surface area contributed by atoms with Gasteiger partial charge in [-0.1, -0.05) is 11.6 Å². The number of fused-ring (bicyclic) bond motifs is 1. The topological polar surface area (TPSA) is 64.4 Å². The third-order valence-corrected chi connectivity index (χ3v) is 4.69. The maximum absolute atomic E-state index is 12.4. The Kier molecular flexibility index (Phi) is 5.53. The van der Waals surface area contributed by atoms with Gasteiger partial charge >= 0.3 is 5.97 Å². The van der Waals surface area contributed by atoms with Gasteiger partial charge in [-0.15, -0.1) is 11.6 Å². The summed E-state index contributed by atoms with van der Waals surface area (Å²) in [6.45, 7) is 4.44. The number of rotatable bonds is 4. The number of nitrogens with zero attached hydrogens (tertiary/aromatic N) is 3. The highest BCUT2D eigenvalue weighted by Gasteiger charge is 2.32. The zero-order chi connectivity index (χ0) is 18.8. The van der Waals surface area contributed by atoms with Gasteiger partial charge in [0.2, 0.25) is 5.91 Å². The van der Waals surface area contributed by atoms with E-state index in [1.807, 2.05) is 12.1 Å². The molecule has 0 fully saturated rings. The summed E-state index contributed by atoms with van der Waals surface area (Å²) in [4.78, 5) is 26.3. The lowest BCUT2D eigenvalue weighted by Crippen LogP contribution is -2.40. The molecule has 138 valence electrons. The fraction of sp³-hybridized carbons (Fsp3) is 0.389. The Morgan fingerprint density at radius 2 is 2.00 bits per heavy atom. The minimum absolute atomic E-state index is 0.161. The molecule has 1 amide bonds. The van der Waals surface area contributed by atoms with Gasteiger partial charge in [-0.2, -0.15) is 5.10 Å². The van der Waals surface area contributed by atoms with Crippen LogP contribution in [-0.2, 0) is 22.5 Å². The van der Waals surface area contributed by atoms with Crippen molar-refractivity contribution in [3.63, 3.8) is 0 Å². The third kappa shape index (κ3) is 3.57. The lowest BCUT2D eigenvalue weighted by atomic mass is 10.0. The summed E-state index contributed by atoms with van der Waals surface area (Å²) in [6, 6.07) is 7.21. The average molecular weight is 396 g/mol. The van der Waals surface area contributed by atoms with Crippen molar-refractivity contribution in [1.82, 2.24) is 14.7 Å². The number of halogens is 2. The van der Waals surface area contributed by atoms with Crippen molar-refractivity contribution in [2.24, 2.45) is 0 Å². The van der Waals surface area contributed by atoms with Crippen LogP contribution >= 0.6 is 23.2 Å². The third-order valence-electron chi connectivity index (χ3n) is 4.25. The first-order valence-corrected chi connectivity index (χ1v) is 9.20. The van der Waals surface area contributed by atoms with E-state index in [1.165, 1.54) is 0 Å². The second-order valence-electron chi connectivity index (χ2n) is 6.01. The number of aromatic nitrogens is 2. The zero-order valence-corrected chi connectivity index (χ0v) is 16.0. The van der Waals surface area contributed by atoms with Crippen molar-refractivity contribution in [3.8, 4) is 5.69 Å². The van der Waals surface area contributed by atoms with Gasteiger partial charge in [0.15, 0.2) is 5.69 Å². The Bertz CT molecular complexity index is 831. The summed E-state index contributed by atoms with van der Waals surface area (Å²) in [6.07, 6.45) is 0.569. The normalized spacial score (nSPS) is 14.7. The molecule has 0 radical (unpaired) electrons. The Balaban J connectivity index is 2.04. The number of amides is 1. The molecule has 0 aliphatic carbocycles. The average Bonchev–Trinajstić information content (AvgIpc) is 3.00. The van der Waals surface area contributed by atoms with E-state index in [4.69, 9.17) is 27.9 Å². The van der Waals surface area contributed by atoms with Gasteiger partial charge in [0, 0.05) is 30.1 Å². The van der Waals surface area contributed by atoms with Gasteiger partial charge < -0.3 is 9.64 Å². The lowest BCUT2D eigenvalue weighted by molar-refractivity contribution is -0.131. The summed E-state index contributed by atoms with van der Waals surface area (Å²) in [5, 5.41) is 4.48. The number of ether oxygens (including phenoxy) is 1. The Morgan fingerprint density at radius 1 is 1.31 bits per heavy atom. The van der Waals surface area contributed by atoms with Crippen LogP contribution in [0.4, 0.5) is 0 Å². The van der Waals surface area contributed by atoms with Crippen LogP contribution in [0.2, 0.25) is 5.02 Å². The predicted molar refractivity (Wildman–Crippen MR) is 99.0 cm³/mol. The molecule has 1 atom stereocenters. The molecule has 2 aromatic rings. The molecule has 0 spiro atoms. The van der Waals surface area contributed by atoms with Crippen LogP contribution in [0.3, 0.4) is 0 Å². The molecule has 6 nitrogen and oxygen atoms in total. The first kappa shape index (κ1) is 18.7. The smallest absolute Gasteiger partial charge is 0.359 e. The van der Waals surface area contributed by atoms with Gasteiger partial charge in [-0.3, -0.25) is 4.79 Å². The first-order valence-electron chi connectivity index (χ1n) is 8.39. The van der Waals surface area contributed by atoms with Crippen LogP contribution in [0, 0.1) is 0 Å². The maximum Gasteiger partial charge on any atom is 0.359 e. The molecule has 1 aromatic heterocycles. The Labute approximate surface area is 161 Å². The molecular formula is C18H19Cl2N3O3. The number of esters is 1. The summed E-state index contributed by atoms with van der Waals surface area (Å²) < 4.78 is 6.87. The monoisotopic (exact) mass is 395 g/mol. The molecule has 1 aromatic carbocycles. The number of benzene rings is 1. The second-order valence-corrected chi connectivity index (χ2v) is 7.10. The number of hydrogen-bond donors (Lipinski definition) is 0. The number of carbonyl (C=O) groups is 2. The van der Waals surface area contributed by atoms with E-state index in [0.29, 0.717) is 23.6 Å². The second kappa shape index (κ2) is 7.68. The number of alkyl halides is 1. The minimum Gasteiger partial charge on any atom is -0.461 e. The van der Waals surface area contributed by atoms with Crippen molar-refractivity contribution in [3.05, 3.63) is 46.2 Å². The highest BCUT2D eigenvalue weighted by Crippen LogP contribution is 2.27.